The molecule has 0 radical (unpaired) electrons. The molecule has 0 saturated heterocycles. The maximum absolute atomic E-state index is 3.43. The van der Waals surface area contributed by atoms with Crippen LogP contribution in [0.5, 0.6) is 0 Å². The van der Waals surface area contributed by atoms with Crippen LogP contribution in [0.25, 0.3) is 0 Å². The van der Waals surface area contributed by atoms with E-state index < -0.39 is 0 Å². The smallest absolute Gasteiger partial charge is 0.247 e. The Morgan fingerprint density at radius 1 is 0.667 bits per heavy atom. The number of hydrogen-bond donors (Lipinski definition) is 0. The molecule has 10 heteroatoms. The maximum Gasteiger partial charge on any atom is 0.247 e. The van der Waals surface area contributed by atoms with E-state index >= 15 is 0 Å². The molecule has 2 aromatic rings. The van der Waals surface area contributed by atoms with Crippen molar-refractivity contribution in [3.63, 3.8) is 0 Å². The monoisotopic (exact) mass is 722 g/mol. The summed E-state index contributed by atoms with van der Waals surface area (Å²) in [6.45, 7) is 6.19. The first-order valence-corrected chi connectivity index (χ1v) is 9.34. The van der Waals surface area contributed by atoms with Gasteiger partial charge in [0, 0.05) is 44.0 Å². The van der Waals surface area contributed by atoms with Gasteiger partial charge in [-0.3, -0.25) is 0 Å². The van der Waals surface area contributed by atoms with Crippen LogP contribution in [0.3, 0.4) is 0 Å². The van der Waals surface area contributed by atoms with Gasteiger partial charge >= 0.3 is 0 Å². The summed E-state index contributed by atoms with van der Waals surface area (Å²) in [5, 5.41) is 0. The third-order valence-electron chi connectivity index (χ3n) is 2.55. The highest BCUT2D eigenvalue weighted by molar-refractivity contribution is 9.11. The molecule has 0 aliphatic rings. The highest BCUT2D eigenvalue weighted by atomic mass is 79.9. The summed E-state index contributed by atoms with van der Waals surface area (Å²) in [6, 6.07) is 8.06. The lowest BCUT2D eigenvalue weighted by Crippen LogP contribution is -3.00. The second-order valence-corrected chi connectivity index (χ2v) is 7.37. The fraction of sp³-hybridized carbons (Fsp3) is 0.286. The van der Waals surface area contributed by atoms with Gasteiger partial charge in [-0.1, -0.05) is 0 Å². The lowest BCUT2D eigenvalue weighted by molar-refractivity contribution is -0.704. The molecule has 0 aliphatic heterocycles. The van der Waals surface area contributed by atoms with Crippen molar-refractivity contribution in [1.29, 1.82) is 0 Å². The molecule has 0 aliphatic carbocycles. The molecule has 2 rings (SSSR count). The number of aromatic nitrogens is 2. The minimum atomic E-state index is 0. The Labute approximate surface area is 197 Å². The minimum Gasteiger partial charge on any atom is -1.00 e. The van der Waals surface area contributed by atoms with Crippen molar-refractivity contribution in [2.75, 3.05) is 0 Å². The van der Waals surface area contributed by atoms with Crippen LogP contribution in [0.15, 0.2) is 54.8 Å². The third kappa shape index (κ3) is 11.7. The molecular weight excluding hydrogens is 708 g/mol. The molecule has 2 heterocycles. The average molecular weight is 728 g/mol. The molecule has 2 aromatic heterocycles. The Balaban J connectivity index is -0.000000143. The summed E-state index contributed by atoms with van der Waals surface area (Å²) in [7, 11) is 0. The van der Waals surface area contributed by atoms with E-state index in [1.54, 1.807) is 0 Å². The second kappa shape index (κ2) is 17.5. The zero-order chi connectivity index (χ0) is 15.1. The molecule has 4 N–H and O–H groups in total. The lowest BCUT2D eigenvalue weighted by Gasteiger charge is -1.93. The van der Waals surface area contributed by atoms with E-state index in [-0.39, 0.29) is 44.9 Å². The Kier molecular flexibility index (Phi) is 23.9. The summed E-state index contributed by atoms with van der Waals surface area (Å²) in [4.78, 5) is 0. The highest BCUT2D eigenvalue weighted by Gasteiger charge is 2.04. The highest BCUT2D eigenvalue weighted by Crippen LogP contribution is 2.10. The fourth-order valence-electron chi connectivity index (χ4n) is 1.48. The van der Waals surface area contributed by atoms with Gasteiger partial charge in [0.2, 0.25) is 9.21 Å². The molecule has 24 heavy (non-hydrogen) atoms. The van der Waals surface area contributed by atoms with Crippen LogP contribution in [0, 0.1) is 0 Å². The van der Waals surface area contributed by atoms with Gasteiger partial charge in [0.05, 0.1) is 8.95 Å². The summed E-state index contributed by atoms with van der Waals surface area (Å²) < 4.78 is 8.67. The number of rotatable bonds is 2. The molecule has 0 bridgehead atoms. The SMILES string of the molecule is CC[n+]1cc(Br)ccc1Br.CC[n+]1cc(Br)ccc1Br.O.O.[Br-].[Br-]. The molecule has 0 atom stereocenters. The number of pyridine rings is 2. The Hall–Kier alpha value is 1.10. The fourth-order valence-corrected chi connectivity index (χ4v) is 3.21. The third-order valence-corrected chi connectivity index (χ3v) is 4.93. The number of aryl methyl sites for hydroxylation is 2. The quantitative estimate of drug-likeness (QED) is 0.241. The van der Waals surface area contributed by atoms with Gasteiger partial charge in [-0.05, 0) is 57.8 Å². The summed E-state index contributed by atoms with van der Waals surface area (Å²) >= 11 is 13.7. The van der Waals surface area contributed by atoms with Crippen molar-refractivity contribution >= 4 is 63.7 Å². The molecule has 0 fully saturated rings. The molecule has 0 unspecified atom stereocenters. The first-order valence-electron chi connectivity index (χ1n) is 6.16. The topological polar surface area (TPSA) is 70.8 Å². The van der Waals surface area contributed by atoms with Gasteiger partial charge in [-0.25, -0.2) is 0 Å². The van der Waals surface area contributed by atoms with E-state index in [9.17, 15) is 0 Å². The number of nitrogens with zero attached hydrogens (tertiary/aromatic N) is 2. The standard InChI is InChI=1S/2C7H8Br2N.2BrH.2H2O/c2*1-2-10-5-6(8)3-4-7(10)9;;;;/h2*3-5H,2H2,1H3;2*1H;2*1H2/q2*+1;;;;/p-2. The van der Waals surface area contributed by atoms with Crippen molar-refractivity contribution < 1.29 is 54.0 Å². The summed E-state index contributed by atoms with van der Waals surface area (Å²) in [5.74, 6) is 0. The van der Waals surface area contributed by atoms with Gasteiger partial charge in [0.1, 0.15) is 13.1 Å². The molecular formula is C14H20Br6N2O2. The van der Waals surface area contributed by atoms with Gasteiger partial charge < -0.3 is 44.9 Å². The van der Waals surface area contributed by atoms with Crippen LogP contribution in [0.2, 0.25) is 0 Å². The van der Waals surface area contributed by atoms with Crippen LogP contribution < -0.4 is 43.1 Å². The predicted molar refractivity (Wildman–Crippen MR) is 103 cm³/mol. The van der Waals surface area contributed by atoms with Crippen molar-refractivity contribution in [1.82, 2.24) is 0 Å². The van der Waals surface area contributed by atoms with Crippen molar-refractivity contribution in [2.24, 2.45) is 0 Å². The molecule has 0 spiro atoms. The number of halogens is 6. The predicted octanol–water partition coefficient (Wildman–Crippen LogP) is -2.60. The van der Waals surface area contributed by atoms with Crippen molar-refractivity contribution in [2.45, 2.75) is 26.9 Å². The van der Waals surface area contributed by atoms with Crippen molar-refractivity contribution in [3.8, 4) is 0 Å². The van der Waals surface area contributed by atoms with Crippen LogP contribution in [-0.2, 0) is 13.1 Å². The molecule has 0 saturated carbocycles. The van der Waals surface area contributed by atoms with E-state index in [4.69, 9.17) is 0 Å². The van der Waals surface area contributed by atoms with E-state index in [0.29, 0.717) is 0 Å². The largest absolute Gasteiger partial charge is 1.00 e. The second-order valence-electron chi connectivity index (χ2n) is 3.91. The molecule has 140 valence electrons. The van der Waals surface area contributed by atoms with E-state index in [0.717, 1.165) is 31.2 Å². The van der Waals surface area contributed by atoms with E-state index in [1.165, 1.54) is 0 Å². The summed E-state index contributed by atoms with van der Waals surface area (Å²) in [6.07, 6.45) is 4.09. The zero-order valence-electron chi connectivity index (χ0n) is 13.0. The van der Waals surface area contributed by atoms with Gasteiger partial charge in [-0.15, -0.1) is 0 Å². The van der Waals surface area contributed by atoms with Crippen LogP contribution in [-0.4, -0.2) is 11.0 Å². The van der Waals surface area contributed by atoms with Gasteiger partial charge in [0.25, 0.3) is 0 Å². The maximum atomic E-state index is 3.43. The number of hydrogen-bond acceptors (Lipinski definition) is 0. The summed E-state index contributed by atoms with van der Waals surface area (Å²) in [5.41, 5.74) is 0. The van der Waals surface area contributed by atoms with E-state index in [2.05, 4.69) is 86.7 Å². The first kappa shape index (κ1) is 32.7. The Morgan fingerprint density at radius 2 is 0.958 bits per heavy atom. The van der Waals surface area contributed by atoms with Gasteiger partial charge in [-0.2, -0.15) is 9.13 Å². The first-order chi connectivity index (χ1) is 9.47. The van der Waals surface area contributed by atoms with Crippen LogP contribution in [0.4, 0.5) is 0 Å². The van der Waals surface area contributed by atoms with Gasteiger partial charge in [0.15, 0.2) is 12.4 Å². The molecule has 4 nitrogen and oxygen atoms in total. The average Bonchev–Trinajstić information content (AvgIpc) is 2.44. The lowest BCUT2D eigenvalue weighted by atomic mass is 10.5. The van der Waals surface area contributed by atoms with Crippen LogP contribution >= 0.6 is 63.7 Å². The zero-order valence-corrected chi connectivity index (χ0v) is 22.6. The molecule has 0 amide bonds. The van der Waals surface area contributed by atoms with E-state index in [1.807, 2.05) is 36.7 Å². The Morgan fingerprint density at radius 3 is 1.17 bits per heavy atom. The van der Waals surface area contributed by atoms with Crippen molar-refractivity contribution in [3.05, 3.63) is 54.8 Å². The Bertz CT molecular complexity index is 536. The normalized spacial score (nSPS) is 8.25. The minimum absolute atomic E-state index is 0. The molecule has 0 aromatic carbocycles. The van der Waals surface area contributed by atoms with Crippen LogP contribution in [0.1, 0.15) is 13.8 Å².